The van der Waals surface area contributed by atoms with Gasteiger partial charge in [-0.3, -0.25) is 4.31 Å². The summed E-state index contributed by atoms with van der Waals surface area (Å²) >= 11 is 6.20. The zero-order valence-electron chi connectivity index (χ0n) is 21.6. The molecule has 0 spiro atoms. The van der Waals surface area contributed by atoms with Gasteiger partial charge >= 0.3 is 12.3 Å². The van der Waals surface area contributed by atoms with E-state index in [2.05, 4.69) is 10.1 Å². The maximum absolute atomic E-state index is 14.5. The minimum Gasteiger partial charge on any atom is -0.453 e. The standard InChI is InChI=1S/C28H25ClF4N2O4S/c1-16(26-22(29)8-5-9-23(26)30)12-18-10-11-19-14-24(34-27(36)39-3)17(2)35(25(19)13-18)40(37,38)21-7-4-6-20(15-21)28(31,32)33/h4-13,15,17,24H,14H2,1-3H3,(H,34,36)/b16-12+/t17-,24-/m1/s1. The first-order valence-corrected chi connectivity index (χ1v) is 13.9. The number of anilines is 1. The lowest BCUT2D eigenvalue weighted by molar-refractivity contribution is -0.137. The number of hydrogen-bond donors (Lipinski definition) is 1. The van der Waals surface area contributed by atoms with Crippen molar-refractivity contribution >= 4 is 45.1 Å². The second kappa shape index (κ2) is 11.1. The summed E-state index contributed by atoms with van der Waals surface area (Å²) in [6, 6.07) is 11.0. The number of fused-ring (bicyclic) bond motifs is 1. The summed E-state index contributed by atoms with van der Waals surface area (Å²) < 4.78 is 88.3. The highest BCUT2D eigenvalue weighted by Crippen LogP contribution is 2.39. The fourth-order valence-electron chi connectivity index (χ4n) is 4.71. The average molecular weight is 597 g/mol. The number of benzene rings is 3. The van der Waals surface area contributed by atoms with Crippen LogP contribution in [0.5, 0.6) is 0 Å². The first-order chi connectivity index (χ1) is 18.7. The van der Waals surface area contributed by atoms with Gasteiger partial charge in [-0.2, -0.15) is 13.2 Å². The second-order valence-electron chi connectivity index (χ2n) is 9.33. The molecule has 212 valence electrons. The third-order valence-corrected chi connectivity index (χ3v) is 8.90. The van der Waals surface area contributed by atoms with Crippen molar-refractivity contribution < 1.29 is 35.5 Å². The van der Waals surface area contributed by atoms with E-state index in [1.54, 1.807) is 44.2 Å². The lowest BCUT2D eigenvalue weighted by atomic mass is 9.92. The summed E-state index contributed by atoms with van der Waals surface area (Å²) in [5.74, 6) is -0.529. The number of carbonyl (C=O) groups excluding carboxylic acids is 1. The number of hydrogen-bond acceptors (Lipinski definition) is 4. The number of halogens is 5. The SMILES string of the molecule is COC(=O)N[C@@H]1Cc2ccc(/C=C(\C)c3c(F)cccc3Cl)cc2N(S(=O)(=O)c2cccc(C(F)(F)F)c2)[C@@H]1C. The lowest BCUT2D eigenvalue weighted by Crippen LogP contribution is -2.56. The summed E-state index contributed by atoms with van der Waals surface area (Å²) in [5.41, 5.74) is 0.793. The number of sulfonamides is 1. The maximum Gasteiger partial charge on any atom is 0.416 e. The van der Waals surface area contributed by atoms with E-state index in [1.807, 2.05) is 0 Å². The van der Waals surface area contributed by atoms with E-state index in [1.165, 1.54) is 12.1 Å². The molecule has 0 fully saturated rings. The quantitative estimate of drug-likeness (QED) is 0.256. The molecule has 0 aromatic heterocycles. The lowest BCUT2D eigenvalue weighted by Gasteiger charge is -2.41. The smallest absolute Gasteiger partial charge is 0.416 e. The minimum atomic E-state index is -4.75. The normalized spacial score (nSPS) is 17.8. The second-order valence-corrected chi connectivity index (χ2v) is 11.5. The van der Waals surface area contributed by atoms with Crippen molar-refractivity contribution in [2.75, 3.05) is 11.4 Å². The van der Waals surface area contributed by atoms with Gasteiger partial charge in [0.15, 0.2) is 0 Å². The van der Waals surface area contributed by atoms with Crippen LogP contribution in [0, 0.1) is 5.82 Å². The van der Waals surface area contributed by atoms with Crippen LogP contribution in [0.15, 0.2) is 65.6 Å². The van der Waals surface area contributed by atoms with Crippen LogP contribution in [0.2, 0.25) is 5.02 Å². The molecule has 0 aliphatic carbocycles. The van der Waals surface area contributed by atoms with Crippen molar-refractivity contribution in [1.29, 1.82) is 0 Å². The van der Waals surface area contributed by atoms with Gasteiger partial charge in [0.25, 0.3) is 10.0 Å². The van der Waals surface area contributed by atoms with Crippen LogP contribution in [0.4, 0.5) is 28.0 Å². The van der Waals surface area contributed by atoms with Gasteiger partial charge in [-0.05, 0) is 73.4 Å². The number of rotatable bonds is 5. The molecule has 3 aromatic carbocycles. The highest BCUT2D eigenvalue weighted by atomic mass is 35.5. The van der Waals surface area contributed by atoms with E-state index in [-0.39, 0.29) is 22.7 Å². The predicted octanol–water partition coefficient (Wildman–Crippen LogP) is 6.92. The number of amides is 1. The molecule has 0 bridgehead atoms. The summed E-state index contributed by atoms with van der Waals surface area (Å²) in [5, 5.41) is 2.81. The molecule has 1 aliphatic heterocycles. The topological polar surface area (TPSA) is 75.7 Å². The molecule has 1 heterocycles. The van der Waals surface area contributed by atoms with Gasteiger partial charge in [-0.1, -0.05) is 41.9 Å². The van der Waals surface area contributed by atoms with Crippen molar-refractivity contribution in [3.8, 4) is 0 Å². The molecule has 0 saturated carbocycles. The van der Waals surface area contributed by atoms with Crippen molar-refractivity contribution in [2.45, 2.75) is 43.4 Å². The molecule has 0 saturated heterocycles. The monoisotopic (exact) mass is 596 g/mol. The Morgan fingerprint density at radius 3 is 2.48 bits per heavy atom. The predicted molar refractivity (Wildman–Crippen MR) is 145 cm³/mol. The molecule has 2 atom stereocenters. The third kappa shape index (κ3) is 5.80. The Bertz CT molecular complexity index is 1570. The van der Waals surface area contributed by atoms with Gasteiger partial charge < -0.3 is 10.1 Å². The molecule has 1 N–H and O–H groups in total. The molecular weight excluding hydrogens is 572 g/mol. The number of carbonyl (C=O) groups is 1. The summed E-state index contributed by atoms with van der Waals surface area (Å²) in [7, 11) is -3.39. The van der Waals surface area contributed by atoms with E-state index >= 15 is 0 Å². The first-order valence-electron chi connectivity index (χ1n) is 12.1. The zero-order chi connectivity index (χ0) is 29.4. The Hall–Kier alpha value is -3.57. The Morgan fingerprint density at radius 1 is 1.12 bits per heavy atom. The molecule has 12 heteroatoms. The van der Waals surface area contributed by atoms with Crippen molar-refractivity contribution in [3.63, 3.8) is 0 Å². The van der Waals surface area contributed by atoms with Gasteiger partial charge in [0, 0.05) is 5.56 Å². The third-order valence-electron chi connectivity index (χ3n) is 6.69. The van der Waals surface area contributed by atoms with Gasteiger partial charge in [0.2, 0.25) is 0 Å². The number of allylic oxidation sites excluding steroid dienone is 1. The molecule has 40 heavy (non-hydrogen) atoms. The van der Waals surface area contributed by atoms with Crippen LogP contribution in [0.1, 0.15) is 36.1 Å². The van der Waals surface area contributed by atoms with Gasteiger partial charge in [0.05, 0.1) is 40.4 Å². The average Bonchev–Trinajstić information content (AvgIpc) is 2.88. The number of alkyl carbamates (subject to hydrolysis) is 1. The fraction of sp³-hybridized carbons (Fsp3) is 0.250. The minimum absolute atomic E-state index is 0.186. The molecule has 0 unspecified atom stereocenters. The molecule has 1 amide bonds. The van der Waals surface area contributed by atoms with Crippen LogP contribution >= 0.6 is 11.6 Å². The van der Waals surface area contributed by atoms with E-state index < -0.39 is 50.7 Å². The van der Waals surface area contributed by atoms with Crippen molar-refractivity contribution in [3.05, 3.63) is 93.8 Å². The van der Waals surface area contributed by atoms with Crippen LogP contribution in [0.25, 0.3) is 11.6 Å². The number of alkyl halides is 3. The van der Waals surface area contributed by atoms with Crippen molar-refractivity contribution in [2.24, 2.45) is 0 Å². The molecule has 6 nitrogen and oxygen atoms in total. The molecule has 1 aliphatic rings. The Balaban J connectivity index is 1.86. The highest BCUT2D eigenvalue weighted by molar-refractivity contribution is 7.92. The van der Waals surface area contributed by atoms with E-state index in [4.69, 9.17) is 11.6 Å². The fourth-order valence-corrected chi connectivity index (χ4v) is 6.79. The highest BCUT2D eigenvalue weighted by Gasteiger charge is 2.41. The maximum atomic E-state index is 14.5. The van der Waals surface area contributed by atoms with Gasteiger partial charge in [-0.15, -0.1) is 0 Å². The largest absolute Gasteiger partial charge is 0.453 e. The van der Waals surface area contributed by atoms with E-state index in [0.29, 0.717) is 22.8 Å². The van der Waals surface area contributed by atoms with Crippen LogP contribution in [0.3, 0.4) is 0 Å². The number of methoxy groups -OCH3 is 1. The molecular formula is C28H25ClF4N2O4S. The summed E-state index contributed by atoms with van der Waals surface area (Å²) in [6.45, 7) is 3.20. The summed E-state index contributed by atoms with van der Waals surface area (Å²) in [6.07, 6.45) is -3.69. The van der Waals surface area contributed by atoms with E-state index in [0.717, 1.165) is 29.6 Å². The van der Waals surface area contributed by atoms with Gasteiger partial charge in [0.1, 0.15) is 5.82 Å². The molecule has 0 radical (unpaired) electrons. The Morgan fingerprint density at radius 2 is 1.82 bits per heavy atom. The molecule has 4 rings (SSSR count). The van der Waals surface area contributed by atoms with E-state index in [9.17, 15) is 30.8 Å². The van der Waals surface area contributed by atoms with Crippen LogP contribution in [-0.4, -0.2) is 33.7 Å². The van der Waals surface area contributed by atoms with Crippen molar-refractivity contribution in [1.82, 2.24) is 5.32 Å². The number of nitrogens with zero attached hydrogens (tertiary/aromatic N) is 1. The molecule has 3 aromatic rings. The number of ether oxygens (including phenoxy) is 1. The van der Waals surface area contributed by atoms with Crippen LogP contribution < -0.4 is 9.62 Å². The first kappa shape index (κ1) is 29.4. The number of nitrogens with one attached hydrogen (secondary N) is 1. The van der Waals surface area contributed by atoms with Crippen LogP contribution in [-0.2, 0) is 27.4 Å². The Kier molecular flexibility index (Phi) is 8.18. The van der Waals surface area contributed by atoms with Gasteiger partial charge in [-0.25, -0.2) is 17.6 Å². The zero-order valence-corrected chi connectivity index (χ0v) is 23.2. The summed E-state index contributed by atoms with van der Waals surface area (Å²) in [4.78, 5) is 11.4. The Labute approximate surface area is 234 Å².